The molecule has 1 aliphatic carbocycles. The van der Waals surface area contributed by atoms with Crippen LogP contribution in [-0.2, 0) is 0 Å². The second kappa shape index (κ2) is 8.56. The molecular weight excluding hydrogens is 397 g/mol. The highest BCUT2D eigenvalue weighted by Crippen LogP contribution is 2.41. The number of imidazole rings is 1. The van der Waals surface area contributed by atoms with Gasteiger partial charge in [-0.3, -0.25) is 4.57 Å². The summed E-state index contributed by atoms with van der Waals surface area (Å²) in [6, 6.07) is 1.25. The molecule has 0 unspecified atom stereocenters. The second-order valence-electron chi connectivity index (χ2n) is 8.50. The van der Waals surface area contributed by atoms with E-state index in [1.54, 1.807) is 29.5 Å². The molecule has 8 nitrogen and oxygen atoms in total. The minimum Gasteiger partial charge on any atom is -0.507 e. The van der Waals surface area contributed by atoms with Crippen LogP contribution in [0.25, 0.3) is 17.2 Å². The summed E-state index contributed by atoms with van der Waals surface area (Å²) in [5.74, 6) is 1.30. The van der Waals surface area contributed by atoms with Gasteiger partial charge in [0.15, 0.2) is 11.6 Å². The van der Waals surface area contributed by atoms with Gasteiger partial charge in [0.25, 0.3) is 0 Å². The summed E-state index contributed by atoms with van der Waals surface area (Å²) in [4.78, 5) is 14.5. The van der Waals surface area contributed by atoms with Crippen LogP contribution in [0, 0.1) is 5.41 Å². The van der Waals surface area contributed by atoms with E-state index < -0.39 is 6.17 Å². The van der Waals surface area contributed by atoms with Gasteiger partial charge in [-0.05, 0) is 19.3 Å². The van der Waals surface area contributed by atoms with Crippen LogP contribution in [0.4, 0.5) is 10.2 Å². The van der Waals surface area contributed by atoms with E-state index >= 15 is 4.39 Å². The third-order valence-corrected chi connectivity index (χ3v) is 6.59. The van der Waals surface area contributed by atoms with Gasteiger partial charge in [-0.1, -0.05) is 26.7 Å². The summed E-state index contributed by atoms with van der Waals surface area (Å²) >= 11 is 0. The van der Waals surface area contributed by atoms with Crippen molar-refractivity contribution < 1.29 is 9.50 Å². The maximum Gasteiger partial charge on any atom is 0.187 e. The molecule has 3 aromatic heterocycles. The predicted molar refractivity (Wildman–Crippen MR) is 116 cm³/mol. The van der Waals surface area contributed by atoms with Gasteiger partial charge in [-0.25, -0.2) is 19.3 Å². The molecule has 3 heterocycles. The van der Waals surface area contributed by atoms with Gasteiger partial charge in [0.05, 0.1) is 17.8 Å². The smallest absolute Gasteiger partial charge is 0.187 e. The molecule has 1 saturated carbocycles. The van der Waals surface area contributed by atoms with Crippen molar-refractivity contribution in [1.29, 1.82) is 0 Å². The molecule has 1 N–H and O–H groups in total. The van der Waals surface area contributed by atoms with Gasteiger partial charge in [-0.15, -0.1) is 10.2 Å². The third-order valence-electron chi connectivity index (χ3n) is 6.59. The average molecular weight is 426 g/mol. The quantitative estimate of drug-likeness (QED) is 0.619. The fraction of sp³-hybridized carbons (Fsp3) is 0.500. The third kappa shape index (κ3) is 4.08. The molecule has 4 rings (SSSR count). The topological polar surface area (TPSA) is 92.9 Å². The van der Waals surface area contributed by atoms with Crippen molar-refractivity contribution >= 4 is 5.82 Å². The lowest BCUT2D eigenvalue weighted by molar-refractivity contribution is 0.0925. The van der Waals surface area contributed by atoms with E-state index in [1.165, 1.54) is 12.3 Å². The van der Waals surface area contributed by atoms with Crippen molar-refractivity contribution in [3.8, 4) is 23.0 Å². The fourth-order valence-electron chi connectivity index (χ4n) is 4.26. The van der Waals surface area contributed by atoms with Gasteiger partial charge < -0.3 is 10.0 Å². The van der Waals surface area contributed by atoms with Crippen molar-refractivity contribution in [1.82, 2.24) is 29.7 Å². The summed E-state index contributed by atoms with van der Waals surface area (Å²) in [5, 5.41) is 18.9. The molecule has 0 spiro atoms. The Hall–Kier alpha value is -3.10. The zero-order valence-corrected chi connectivity index (χ0v) is 18.1. The number of hydrogen-bond acceptors (Lipinski definition) is 7. The van der Waals surface area contributed by atoms with E-state index in [2.05, 4.69) is 32.1 Å². The molecule has 164 valence electrons. The fourth-order valence-corrected chi connectivity index (χ4v) is 4.26. The zero-order valence-electron chi connectivity index (χ0n) is 18.1. The van der Waals surface area contributed by atoms with Crippen LogP contribution >= 0.6 is 0 Å². The van der Waals surface area contributed by atoms with Crippen LogP contribution in [-0.4, -0.2) is 54.1 Å². The molecule has 0 bridgehead atoms. The van der Waals surface area contributed by atoms with Crippen LogP contribution in [0.15, 0.2) is 37.2 Å². The van der Waals surface area contributed by atoms with Crippen LogP contribution < -0.4 is 4.90 Å². The molecule has 3 aromatic rings. The molecule has 0 amide bonds. The van der Waals surface area contributed by atoms with E-state index in [1.807, 2.05) is 18.9 Å². The summed E-state index contributed by atoms with van der Waals surface area (Å²) in [5.41, 5.74) is 0.0481. The Morgan fingerprint density at radius 3 is 2.74 bits per heavy atom. The summed E-state index contributed by atoms with van der Waals surface area (Å²) in [6.07, 6.45) is 11.6. The SMILES string of the molecule is CC[C@@]1(C)CCCC[C@@H](N(C)c2cnc(-c3cnc(-n4ccnc4)cc3O)nn2)[C@@H]1F. The maximum absolute atomic E-state index is 15.5. The monoisotopic (exact) mass is 425 g/mol. The molecule has 1 aliphatic rings. The normalized spacial score (nSPS) is 24.0. The Kier molecular flexibility index (Phi) is 5.84. The van der Waals surface area contributed by atoms with Crippen molar-refractivity contribution in [2.24, 2.45) is 5.41 Å². The zero-order chi connectivity index (χ0) is 22.0. The number of halogens is 1. The highest BCUT2D eigenvalue weighted by atomic mass is 19.1. The van der Waals surface area contributed by atoms with Crippen molar-refractivity contribution in [3.05, 3.63) is 37.2 Å². The van der Waals surface area contributed by atoms with Gasteiger partial charge in [-0.2, -0.15) is 0 Å². The number of aromatic hydroxyl groups is 1. The first-order chi connectivity index (χ1) is 14.9. The number of anilines is 1. The van der Waals surface area contributed by atoms with Crippen LogP contribution in [0.3, 0.4) is 0 Å². The lowest BCUT2D eigenvalue weighted by atomic mass is 9.77. The highest BCUT2D eigenvalue weighted by Gasteiger charge is 2.42. The van der Waals surface area contributed by atoms with Crippen LogP contribution in [0.2, 0.25) is 0 Å². The van der Waals surface area contributed by atoms with Crippen LogP contribution in [0.1, 0.15) is 46.0 Å². The maximum atomic E-state index is 15.5. The van der Waals surface area contributed by atoms with Crippen molar-refractivity contribution in [2.75, 3.05) is 11.9 Å². The van der Waals surface area contributed by atoms with Gasteiger partial charge in [0.1, 0.15) is 24.1 Å². The first-order valence-corrected chi connectivity index (χ1v) is 10.7. The number of pyridine rings is 1. The number of aromatic nitrogens is 6. The van der Waals surface area contributed by atoms with Gasteiger partial charge in [0.2, 0.25) is 0 Å². The number of hydrogen-bond donors (Lipinski definition) is 1. The van der Waals surface area contributed by atoms with Gasteiger partial charge >= 0.3 is 0 Å². The molecule has 0 aromatic carbocycles. The summed E-state index contributed by atoms with van der Waals surface area (Å²) < 4.78 is 17.2. The molecule has 0 saturated heterocycles. The van der Waals surface area contributed by atoms with E-state index in [0.717, 1.165) is 32.1 Å². The number of nitrogens with zero attached hydrogens (tertiary/aromatic N) is 7. The second-order valence-corrected chi connectivity index (χ2v) is 8.50. The van der Waals surface area contributed by atoms with Crippen molar-refractivity contribution in [2.45, 2.75) is 58.2 Å². The molecule has 3 atom stereocenters. The first kappa shape index (κ1) is 21.1. The summed E-state index contributed by atoms with van der Waals surface area (Å²) in [7, 11) is 1.85. The minimum absolute atomic E-state index is 0.00657. The highest BCUT2D eigenvalue weighted by molar-refractivity contribution is 5.63. The van der Waals surface area contributed by atoms with Crippen LogP contribution in [0.5, 0.6) is 5.75 Å². The standard InChI is InChI=1S/C22H28FN7O/c1-4-22(2)8-6-5-7-16(20(22)23)29(3)19-13-26-21(28-27-19)15-12-25-18(11-17(15)31)30-10-9-24-14-30/h9-14,16,20H,4-8H2,1-3H3,(H,25,31)/t16-,20+,22+/m1/s1. The van der Waals surface area contributed by atoms with Gasteiger partial charge in [0, 0.05) is 37.1 Å². The van der Waals surface area contributed by atoms with E-state index in [0.29, 0.717) is 17.2 Å². The van der Waals surface area contributed by atoms with E-state index in [-0.39, 0.29) is 23.0 Å². The first-order valence-electron chi connectivity index (χ1n) is 10.7. The molecule has 0 aliphatic heterocycles. The predicted octanol–water partition coefficient (Wildman–Crippen LogP) is 3.96. The Bertz CT molecular complexity index is 1010. The Morgan fingerprint density at radius 2 is 2.10 bits per heavy atom. The Labute approximate surface area is 181 Å². The largest absolute Gasteiger partial charge is 0.507 e. The Balaban J connectivity index is 1.55. The molecule has 9 heteroatoms. The molecular formula is C22H28FN7O. The summed E-state index contributed by atoms with van der Waals surface area (Å²) in [6.45, 7) is 4.10. The Morgan fingerprint density at radius 1 is 1.26 bits per heavy atom. The van der Waals surface area contributed by atoms with E-state index in [4.69, 9.17) is 0 Å². The minimum atomic E-state index is -0.949. The average Bonchev–Trinajstić information content (AvgIpc) is 3.28. The lowest BCUT2D eigenvalue weighted by Crippen LogP contribution is -2.46. The number of alkyl halides is 1. The molecule has 1 fully saturated rings. The lowest BCUT2D eigenvalue weighted by Gasteiger charge is -2.38. The van der Waals surface area contributed by atoms with E-state index in [9.17, 15) is 5.11 Å². The molecule has 31 heavy (non-hydrogen) atoms. The van der Waals surface area contributed by atoms with Crippen molar-refractivity contribution in [3.63, 3.8) is 0 Å². The number of rotatable bonds is 5. The molecule has 0 radical (unpaired) electrons.